The number of fused-ring (bicyclic) bond motifs is 2. The number of carbonyl (C=O) groups excluding carboxylic acids is 2. The Labute approximate surface area is 206 Å². The average Bonchev–Trinajstić information content (AvgIpc) is 3.25. The number of hydrogen-bond acceptors (Lipinski definition) is 6. The van der Waals surface area contributed by atoms with E-state index in [1.807, 2.05) is 32.0 Å². The van der Waals surface area contributed by atoms with Crippen molar-refractivity contribution in [2.45, 2.75) is 52.5 Å². The lowest BCUT2D eigenvalue weighted by molar-refractivity contribution is -0.308. The summed E-state index contributed by atoms with van der Waals surface area (Å²) < 4.78 is 11.4. The van der Waals surface area contributed by atoms with Crippen LogP contribution in [0.25, 0.3) is 33.1 Å². The molecule has 0 aliphatic rings. The van der Waals surface area contributed by atoms with E-state index in [2.05, 4.69) is 5.32 Å². The molecule has 4 rings (SSSR count). The number of benzene rings is 2. The Morgan fingerprint density at radius 3 is 2.46 bits per heavy atom. The first-order valence-electron chi connectivity index (χ1n) is 11.4. The molecule has 182 valence electrons. The summed E-state index contributed by atoms with van der Waals surface area (Å²) in [4.78, 5) is 36.8. The summed E-state index contributed by atoms with van der Waals surface area (Å²) in [5.41, 5.74) is 3.57. The number of carboxylic acids is 1. The van der Waals surface area contributed by atoms with E-state index >= 15 is 0 Å². The van der Waals surface area contributed by atoms with Crippen LogP contribution in [-0.2, 0) is 16.0 Å². The van der Waals surface area contributed by atoms with Gasteiger partial charge >= 0.3 is 5.63 Å². The van der Waals surface area contributed by atoms with Gasteiger partial charge in [0, 0.05) is 26.9 Å². The molecule has 0 aliphatic carbocycles. The van der Waals surface area contributed by atoms with E-state index in [1.165, 1.54) is 0 Å². The second kappa shape index (κ2) is 9.96. The van der Waals surface area contributed by atoms with Crippen LogP contribution in [0.15, 0.2) is 50.2 Å². The summed E-state index contributed by atoms with van der Waals surface area (Å²) in [7, 11) is 0. The Morgan fingerprint density at radius 1 is 1.09 bits per heavy atom. The van der Waals surface area contributed by atoms with Crippen LogP contribution >= 0.6 is 11.6 Å². The van der Waals surface area contributed by atoms with Crippen LogP contribution in [0.4, 0.5) is 0 Å². The van der Waals surface area contributed by atoms with Crippen LogP contribution in [0.2, 0.25) is 5.02 Å². The molecular formula is C27H25ClNO6-. The fraction of sp³-hybridized carbons (Fsp3) is 0.296. The number of unbranched alkanes of at least 4 members (excludes halogenated alkanes) is 1. The molecule has 0 saturated carbocycles. The van der Waals surface area contributed by atoms with E-state index in [0.29, 0.717) is 39.1 Å². The van der Waals surface area contributed by atoms with Crippen molar-refractivity contribution < 1.29 is 23.5 Å². The van der Waals surface area contributed by atoms with Crippen LogP contribution in [-0.4, -0.2) is 17.9 Å². The van der Waals surface area contributed by atoms with Crippen LogP contribution in [0.1, 0.15) is 42.9 Å². The summed E-state index contributed by atoms with van der Waals surface area (Å²) in [5, 5.41) is 16.0. The molecule has 0 bridgehead atoms. The van der Waals surface area contributed by atoms with Gasteiger partial charge in [-0.15, -0.1) is 0 Å². The van der Waals surface area contributed by atoms with Gasteiger partial charge in [-0.2, -0.15) is 0 Å². The highest BCUT2D eigenvalue weighted by molar-refractivity contribution is 6.30. The smallest absolute Gasteiger partial charge is 0.340 e. The highest BCUT2D eigenvalue weighted by Crippen LogP contribution is 2.37. The van der Waals surface area contributed by atoms with Gasteiger partial charge < -0.3 is 24.1 Å². The molecule has 35 heavy (non-hydrogen) atoms. The number of nitrogens with one attached hydrogen (secondary N) is 1. The zero-order valence-corrected chi connectivity index (χ0v) is 20.5. The Balaban J connectivity index is 1.76. The van der Waals surface area contributed by atoms with Crippen molar-refractivity contribution in [3.05, 3.63) is 68.7 Å². The standard InChI is InChI=1S/C27H26ClNO6/c1-4-5-6-22(26(31)32)29-23(30)12-19-14(2)18-11-20-21(16-7-9-17(28)10-8-16)13-34-24(20)15(3)25(18)35-27(19)33/h7-11,13,22H,4-6,12H2,1-3H3,(H,29,30)(H,31,32)/p-1/t22-/m1/s1. The van der Waals surface area contributed by atoms with Crippen molar-refractivity contribution in [3.63, 3.8) is 0 Å². The van der Waals surface area contributed by atoms with Crippen molar-refractivity contribution >= 4 is 45.4 Å². The first-order chi connectivity index (χ1) is 16.7. The third-order valence-corrected chi connectivity index (χ3v) is 6.55. The van der Waals surface area contributed by atoms with Gasteiger partial charge in [0.2, 0.25) is 5.91 Å². The lowest BCUT2D eigenvalue weighted by atomic mass is 9.97. The van der Waals surface area contributed by atoms with Gasteiger partial charge in [-0.05, 0) is 49.6 Å². The van der Waals surface area contributed by atoms with Gasteiger partial charge in [-0.1, -0.05) is 43.5 Å². The fourth-order valence-electron chi connectivity index (χ4n) is 4.32. The molecule has 0 fully saturated rings. The van der Waals surface area contributed by atoms with Gasteiger partial charge in [0.15, 0.2) is 0 Å². The molecule has 0 unspecified atom stereocenters. The molecule has 1 amide bonds. The second-order valence-electron chi connectivity index (χ2n) is 8.66. The van der Waals surface area contributed by atoms with Crippen LogP contribution < -0.4 is 16.0 Å². The molecule has 0 saturated heterocycles. The third kappa shape index (κ3) is 4.82. The number of halogens is 1. The van der Waals surface area contributed by atoms with E-state index < -0.39 is 23.5 Å². The molecule has 8 heteroatoms. The van der Waals surface area contributed by atoms with E-state index in [0.717, 1.165) is 22.9 Å². The predicted molar refractivity (Wildman–Crippen MR) is 132 cm³/mol. The normalized spacial score (nSPS) is 12.2. The maximum absolute atomic E-state index is 12.8. The van der Waals surface area contributed by atoms with Gasteiger partial charge in [0.05, 0.1) is 30.3 Å². The highest BCUT2D eigenvalue weighted by Gasteiger charge is 2.21. The zero-order valence-electron chi connectivity index (χ0n) is 19.7. The van der Waals surface area contributed by atoms with Gasteiger partial charge in [-0.3, -0.25) is 4.79 Å². The number of aliphatic carboxylic acids is 1. The third-order valence-electron chi connectivity index (χ3n) is 6.30. The summed E-state index contributed by atoms with van der Waals surface area (Å²) in [6, 6.07) is 8.16. The Hall–Kier alpha value is -3.58. The molecule has 2 aromatic carbocycles. The minimum atomic E-state index is -1.35. The second-order valence-corrected chi connectivity index (χ2v) is 9.10. The molecule has 2 heterocycles. The molecule has 2 aromatic heterocycles. The van der Waals surface area contributed by atoms with Crippen molar-refractivity contribution in [1.29, 1.82) is 0 Å². The van der Waals surface area contributed by atoms with Crippen molar-refractivity contribution in [3.8, 4) is 11.1 Å². The lowest BCUT2D eigenvalue weighted by Gasteiger charge is -2.19. The van der Waals surface area contributed by atoms with Crippen LogP contribution in [0.5, 0.6) is 0 Å². The fourth-order valence-corrected chi connectivity index (χ4v) is 4.44. The topological polar surface area (TPSA) is 113 Å². The quantitative estimate of drug-likeness (QED) is 0.362. The number of carbonyl (C=O) groups is 2. The largest absolute Gasteiger partial charge is 0.548 e. The van der Waals surface area contributed by atoms with E-state index in [4.69, 9.17) is 20.4 Å². The summed E-state index contributed by atoms with van der Waals surface area (Å²) in [5.74, 6) is -1.92. The highest BCUT2D eigenvalue weighted by atomic mass is 35.5. The van der Waals surface area contributed by atoms with Gasteiger partial charge in [-0.25, -0.2) is 4.79 Å². The summed E-state index contributed by atoms with van der Waals surface area (Å²) >= 11 is 6.03. The van der Waals surface area contributed by atoms with E-state index in [1.54, 1.807) is 25.3 Å². The van der Waals surface area contributed by atoms with Crippen molar-refractivity contribution in [2.75, 3.05) is 0 Å². The number of rotatable bonds is 8. The minimum Gasteiger partial charge on any atom is -0.548 e. The number of amides is 1. The Kier molecular flexibility index (Phi) is 6.98. The van der Waals surface area contributed by atoms with Gasteiger partial charge in [0.25, 0.3) is 0 Å². The van der Waals surface area contributed by atoms with E-state index in [-0.39, 0.29) is 18.4 Å². The first kappa shape index (κ1) is 24.5. The molecule has 0 radical (unpaired) electrons. The molecule has 1 N–H and O–H groups in total. The number of hydrogen-bond donors (Lipinski definition) is 1. The molecule has 4 aromatic rings. The predicted octanol–water partition coefficient (Wildman–Crippen LogP) is 4.44. The summed E-state index contributed by atoms with van der Waals surface area (Å²) in [6.07, 6.45) is 3.03. The average molecular weight is 495 g/mol. The van der Waals surface area contributed by atoms with Crippen LogP contribution in [0.3, 0.4) is 0 Å². The number of aryl methyl sites for hydroxylation is 2. The SMILES string of the molecule is CCCC[C@@H](NC(=O)Cc1c(C)c2cc3c(-c4ccc(Cl)cc4)coc3c(C)c2oc1=O)C(=O)[O-]. The van der Waals surface area contributed by atoms with E-state index in [9.17, 15) is 19.5 Å². The molecular weight excluding hydrogens is 470 g/mol. The molecule has 0 aliphatic heterocycles. The lowest BCUT2D eigenvalue weighted by Crippen LogP contribution is -2.48. The summed E-state index contributed by atoms with van der Waals surface area (Å²) in [6.45, 7) is 5.49. The maximum Gasteiger partial charge on any atom is 0.340 e. The van der Waals surface area contributed by atoms with Gasteiger partial charge in [0.1, 0.15) is 11.2 Å². The number of carboxylic acid groups (broad SMARTS) is 1. The van der Waals surface area contributed by atoms with Crippen molar-refractivity contribution in [1.82, 2.24) is 5.32 Å². The molecule has 7 nitrogen and oxygen atoms in total. The first-order valence-corrected chi connectivity index (χ1v) is 11.8. The number of furan rings is 1. The van der Waals surface area contributed by atoms with Crippen LogP contribution in [0, 0.1) is 13.8 Å². The Bertz CT molecular complexity index is 1480. The molecule has 0 spiro atoms. The minimum absolute atomic E-state index is 0.179. The monoisotopic (exact) mass is 494 g/mol. The molecule has 1 atom stereocenters. The van der Waals surface area contributed by atoms with Crippen molar-refractivity contribution in [2.24, 2.45) is 0 Å². The zero-order chi connectivity index (χ0) is 25.3. The maximum atomic E-state index is 12.8. The Morgan fingerprint density at radius 2 is 1.80 bits per heavy atom.